The number of β-lactam (4-membered cyclic amide) rings is 1. The number of benzene rings is 2. The summed E-state index contributed by atoms with van der Waals surface area (Å²) in [5, 5.41) is 17.9. The number of amides is 1. The molecule has 3 heterocycles. The number of ketones is 1. The maximum atomic E-state index is 13.4. The summed E-state index contributed by atoms with van der Waals surface area (Å²) >= 11 is 1.22. The number of hydrogen-bond acceptors (Lipinski definition) is 11. The molecule has 2 aliphatic heterocycles. The van der Waals surface area contributed by atoms with Crippen LogP contribution >= 0.6 is 11.8 Å². The van der Waals surface area contributed by atoms with Crippen LogP contribution in [0.2, 0.25) is 0 Å². The van der Waals surface area contributed by atoms with Crippen molar-refractivity contribution in [3.05, 3.63) is 82.7 Å². The third-order valence-corrected chi connectivity index (χ3v) is 8.45. The minimum absolute atomic E-state index is 0.0908. The van der Waals surface area contributed by atoms with E-state index in [0.717, 1.165) is 0 Å². The molecule has 0 unspecified atom stereocenters. The molecule has 0 spiro atoms. The maximum Gasteiger partial charge on any atom is 0.330 e. The number of hydrogen-bond donors (Lipinski definition) is 1. The van der Waals surface area contributed by atoms with E-state index in [-0.39, 0.29) is 18.8 Å². The molecule has 0 bridgehead atoms. The van der Waals surface area contributed by atoms with E-state index >= 15 is 0 Å². The number of rotatable bonds is 10. The fraction of sp³-hybridized carbons (Fsp3) is 0.320. The van der Waals surface area contributed by atoms with Crippen molar-refractivity contribution >= 4 is 35.1 Å². The highest BCUT2D eigenvalue weighted by Gasteiger charge is 2.74. The van der Waals surface area contributed by atoms with Gasteiger partial charge in [-0.2, -0.15) is 0 Å². The standard InChI is InChI=1S/C25H24N6O7S/c1-24(15-29-12-11-27-28-29)20(21(33)38-13-16-7-9-17(10-8-16)31(35)36)30-22(34)25(26,23(30)39-24)19(32)14-37-18-5-3-2-4-6-18/h2-12,20,23H,13-15,26H2,1H3/t20-,23-,24-,25-/m0/s1. The summed E-state index contributed by atoms with van der Waals surface area (Å²) in [6, 6.07) is 13.2. The van der Waals surface area contributed by atoms with Crippen LogP contribution in [0.25, 0.3) is 0 Å². The lowest BCUT2D eigenvalue weighted by molar-refractivity contribution is -0.384. The lowest BCUT2D eigenvalue weighted by atomic mass is 9.82. The molecule has 4 atom stereocenters. The Bertz CT molecular complexity index is 1400. The third-order valence-electron chi connectivity index (χ3n) is 6.74. The van der Waals surface area contributed by atoms with E-state index in [0.29, 0.717) is 11.3 Å². The molecule has 2 fully saturated rings. The predicted molar refractivity (Wildman–Crippen MR) is 137 cm³/mol. The lowest BCUT2D eigenvalue weighted by Crippen LogP contribution is -2.81. The Balaban J connectivity index is 1.35. The van der Waals surface area contributed by atoms with Crippen molar-refractivity contribution in [2.75, 3.05) is 6.61 Å². The number of non-ortho nitro benzene ring substituents is 1. The highest BCUT2D eigenvalue weighted by atomic mass is 32.2. The first kappa shape index (κ1) is 26.3. The Morgan fingerprint density at radius 2 is 1.90 bits per heavy atom. The van der Waals surface area contributed by atoms with E-state index < -0.39 is 50.9 Å². The summed E-state index contributed by atoms with van der Waals surface area (Å²) in [4.78, 5) is 51.7. The molecule has 39 heavy (non-hydrogen) atoms. The number of esters is 1. The third kappa shape index (κ3) is 4.72. The Hall–Kier alpha value is -4.30. The first-order valence-corrected chi connectivity index (χ1v) is 12.8. The van der Waals surface area contributed by atoms with Crippen molar-refractivity contribution in [2.24, 2.45) is 5.73 Å². The second-order valence-corrected chi connectivity index (χ2v) is 11.0. The zero-order valence-corrected chi connectivity index (χ0v) is 21.5. The van der Waals surface area contributed by atoms with Gasteiger partial charge < -0.3 is 20.1 Å². The van der Waals surface area contributed by atoms with Crippen molar-refractivity contribution in [2.45, 2.75) is 41.8 Å². The van der Waals surface area contributed by atoms with E-state index in [9.17, 15) is 24.5 Å². The molecular weight excluding hydrogens is 528 g/mol. The van der Waals surface area contributed by atoms with Gasteiger partial charge in [-0.05, 0) is 36.8 Å². The average molecular weight is 553 g/mol. The highest BCUT2D eigenvalue weighted by molar-refractivity contribution is 8.01. The normalized spacial score (nSPS) is 25.5. The van der Waals surface area contributed by atoms with Crippen molar-refractivity contribution in [1.29, 1.82) is 0 Å². The van der Waals surface area contributed by atoms with Crippen molar-refractivity contribution in [3.8, 4) is 5.75 Å². The van der Waals surface area contributed by atoms with Crippen LogP contribution in [0, 0.1) is 10.1 Å². The Morgan fingerprint density at radius 3 is 2.54 bits per heavy atom. The van der Waals surface area contributed by atoms with Crippen LogP contribution in [0.3, 0.4) is 0 Å². The molecule has 2 N–H and O–H groups in total. The quantitative estimate of drug-likeness (QED) is 0.126. The molecule has 13 nitrogen and oxygen atoms in total. The molecule has 5 rings (SSSR count). The number of carbonyl (C=O) groups excluding carboxylic acids is 3. The van der Waals surface area contributed by atoms with Gasteiger partial charge in [0.15, 0.2) is 5.54 Å². The van der Waals surface area contributed by atoms with Crippen LogP contribution in [0.15, 0.2) is 67.0 Å². The molecular formula is C25H24N6O7S. The van der Waals surface area contributed by atoms with E-state index in [1.807, 2.05) is 0 Å². The number of nitrogens with two attached hydrogens (primary N) is 1. The number of aromatic nitrogens is 3. The molecule has 0 radical (unpaired) electrons. The fourth-order valence-electron chi connectivity index (χ4n) is 4.71. The van der Waals surface area contributed by atoms with Gasteiger partial charge in [-0.25, -0.2) is 4.79 Å². The first-order chi connectivity index (χ1) is 18.6. The molecule has 202 valence electrons. The zero-order chi connectivity index (χ0) is 27.8. The number of ether oxygens (including phenoxy) is 2. The minimum atomic E-state index is -1.88. The zero-order valence-electron chi connectivity index (χ0n) is 20.7. The maximum absolute atomic E-state index is 13.4. The van der Waals surface area contributed by atoms with E-state index in [2.05, 4.69) is 10.3 Å². The number of fused-ring (bicyclic) bond motifs is 1. The van der Waals surface area contributed by atoms with Gasteiger partial charge in [-0.1, -0.05) is 23.4 Å². The number of carbonyl (C=O) groups is 3. The minimum Gasteiger partial charge on any atom is -0.486 e. The van der Waals surface area contributed by atoms with Crippen molar-refractivity contribution in [1.82, 2.24) is 19.9 Å². The SMILES string of the molecule is C[C@@]1(Cn2ccnn2)S[C@@H]2N(C(=O)[C@@]2(N)C(=O)COc2ccccc2)[C@H]1C(=O)OCc1ccc([N+](=O)[O-])cc1. The summed E-state index contributed by atoms with van der Waals surface area (Å²) < 4.78 is 11.6. The second-order valence-electron chi connectivity index (χ2n) is 9.42. The average Bonchev–Trinajstić information content (AvgIpc) is 3.55. The van der Waals surface area contributed by atoms with Gasteiger partial charge in [0.1, 0.15) is 30.4 Å². The van der Waals surface area contributed by atoms with Gasteiger partial charge in [0.25, 0.3) is 11.6 Å². The van der Waals surface area contributed by atoms with Gasteiger partial charge in [0.05, 0.1) is 22.4 Å². The van der Waals surface area contributed by atoms with Crippen LogP contribution in [0.4, 0.5) is 5.69 Å². The van der Waals surface area contributed by atoms with Crippen molar-refractivity contribution in [3.63, 3.8) is 0 Å². The van der Waals surface area contributed by atoms with Crippen LogP contribution in [0.1, 0.15) is 12.5 Å². The largest absolute Gasteiger partial charge is 0.486 e. The Morgan fingerprint density at radius 1 is 1.18 bits per heavy atom. The van der Waals surface area contributed by atoms with Crippen LogP contribution in [-0.2, 0) is 32.3 Å². The van der Waals surface area contributed by atoms with E-state index in [1.54, 1.807) is 43.5 Å². The molecule has 0 saturated carbocycles. The summed E-state index contributed by atoms with van der Waals surface area (Å²) in [5.41, 5.74) is 4.98. The molecule has 3 aromatic rings. The number of para-hydroxylation sites is 1. The summed E-state index contributed by atoms with van der Waals surface area (Å²) in [6.45, 7) is 1.38. The van der Waals surface area contributed by atoms with E-state index in [1.165, 1.54) is 51.8 Å². The summed E-state index contributed by atoms with van der Waals surface area (Å²) in [6.07, 6.45) is 3.11. The topological polar surface area (TPSA) is 173 Å². The highest BCUT2D eigenvalue weighted by Crippen LogP contribution is 2.55. The lowest BCUT2D eigenvalue weighted by Gasteiger charge is -2.49. The molecule has 2 aromatic carbocycles. The van der Waals surface area contributed by atoms with Crippen LogP contribution in [-0.4, -0.2) is 70.8 Å². The van der Waals surface area contributed by atoms with Gasteiger partial charge >= 0.3 is 5.97 Å². The van der Waals surface area contributed by atoms with Gasteiger partial charge in [-0.15, -0.1) is 16.9 Å². The molecule has 14 heteroatoms. The van der Waals surface area contributed by atoms with E-state index in [4.69, 9.17) is 15.2 Å². The monoisotopic (exact) mass is 552 g/mol. The smallest absolute Gasteiger partial charge is 0.330 e. The van der Waals surface area contributed by atoms with Crippen LogP contribution in [0.5, 0.6) is 5.75 Å². The molecule has 1 amide bonds. The number of nitrogens with zero attached hydrogens (tertiary/aromatic N) is 5. The first-order valence-electron chi connectivity index (χ1n) is 11.9. The summed E-state index contributed by atoms with van der Waals surface area (Å²) in [7, 11) is 0. The Kier molecular flexibility index (Phi) is 6.82. The van der Waals surface area contributed by atoms with Gasteiger partial charge in [0, 0.05) is 18.3 Å². The number of Topliss-reactive ketones (excluding diaryl/α,β-unsaturated/α-hetero) is 1. The van der Waals surface area contributed by atoms with Crippen molar-refractivity contribution < 1.29 is 28.8 Å². The molecule has 2 aliphatic rings. The Labute approximate surface area is 226 Å². The second kappa shape index (κ2) is 10.1. The molecule has 1 aromatic heterocycles. The van der Waals surface area contributed by atoms with Crippen LogP contribution < -0.4 is 10.5 Å². The van der Waals surface area contributed by atoms with Gasteiger partial charge in [-0.3, -0.25) is 24.4 Å². The number of thioether (sulfide) groups is 1. The van der Waals surface area contributed by atoms with Gasteiger partial charge in [0.2, 0.25) is 5.78 Å². The molecule has 2 saturated heterocycles. The fourth-order valence-corrected chi connectivity index (χ4v) is 6.51. The predicted octanol–water partition coefficient (Wildman–Crippen LogP) is 1.32. The molecule has 0 aliphatic carbocycles. The number of nitro benzene ring substituents is 1. The summed E-state index contributed by atoms with van der Waals surface area (Å²) in [5.74, 6) is -1.54. The number of nitro groups is 1.